The van der Waals surface area contributed by atoms with Crippen LogP contribution >= 0.6 is 11.8 Å². The molecule has 3 nitrogen and oxygen atoms in total. The van der Waals surface area contributed by atoms with Crippen LogP contribution in [-0.2, 0) is 4.79 Å². The van der Waals surface area contributed by atoms with Gasteiger partial charge in [-0.2, -0.15) is 0 Å². The van der Waals surface area contributed by atoms with Crippen molar-refractivity contribution >= 4 is 29.0 Å². The van der Waals surface area contributed by atoms with Crippen molar-refractivity contribution in [2.24, 2.45) is 0 Å². The lowest BCUT2D eigenvalue weighted by atomic mass is 10.2. The quantitative estimate of drug-likeness (QED) is 0.646. The molecule has 1 aromatic rings. The molecule has 17 heavy (non-hydrogen) atoms. The maximum absolute atomic E-state index is 12.1. The Labute approximate surface area is 106 Å². The number of hydrogen-bond donors (Lipinski definition) is 1. The Morgan fingerprint density at radius 2 is 2.29 bits per heavy atom. The second-order valence-electron chi connectivity index (χ2n) is 4.37. The summed E-state index contributed by atoms with van der Waals surface area (Å²) in [7, 11) is 0. The summed E-state index contributed by atoms with van der Waals surface area (Å²) in [6, 6.07) is 5.66. The lowest BCUT2D eigenvalue weighted by Crippen LogP contribution is -2.40. The van der Waals surface area contributed by atoms with Crippen molar-refractivity contribution in [1.82, 2.24) is 0 Å². The summed E-state index contributed by atoms with van der Waals surface area (Å²) in [4.78, 5) is 15.0. The van der Waals surface area contributed by atoms with Crippen molar-refractivity contribution in [3.63, 3.8) is 0 Å². The molecule has 1 aliphatic heterocycles. The number of carbonyl (C=O) groups excluding carboxylic acids is 1. The summed E-state index contributed by atoms with van der Waals surface area (Å²) in [5.74, 6) is 0.135. The van der Waals surface area contributed by atoms with Gasteiger partial charge in [0.2, 0.25) is 5.91 Å². The van der Waals surface area contributed by atoms with Gasteiger partial charge >= 0.3 is 0 Å². The first-order valence-corrected chi connectivity index (χ1v) is 6.39. The molecule has 0 radical (unpaired) electrons. The zero-order chi connectivity index (χ0) is 12.6. The second kappa shape index (κ2) is 4.45. The minimum atomic E-state index is -0.0661. The molecule has 0 aliphatic carbocycles. The van der Waals surface area contributed by atoms with E-state index in [1.165, 1.54) is 0 Å². The van der Waals surface area contributed by atoms with E-state index in [4.69, 9.17) is 5.73 Å². The maximum Gasteiger partial charge on any atom is 0.240 e. The Morgan fingerprint density at radius 3 is 2.94 bits per heavy atom. The molecule has 1 amide bonds. The Balaban J connectivity index is 2.45. The average Bonchev–Trinajstić information content (AvgIpc) is 2.24. The van der Waals surface area contributed by atoms with E-state index in [2.05, 4.69) is 6.58 Å². The van der Waals surface area contributed by atoms with Gasteiger partial charge in [-0.25, -0.2) is 0 Å². The highest BCUT2D eigenvalue weighted by Crippen LogP contribution is 2.40. The first-order chi connectivity index (χ1) is 7.99. The highest BCUT2D eigenvalue weighted by molar-refractivity contribution is 8.01. The number of nitrogens with zero attached hydrogens (tertiary/aromatic N) is 1. The maximum atomic E-state index is 12.1. The van der Waals surface area contributed by atoms with Crippen LogP contribution in [0.15, 0.2) is 35.2 Å². The number of benzene rings is 1. The fourth-order valence-corrected chi connectivity index (χ4v) is 2.97. The number of nitrogens with two attached hydrogens (primary N) is 1. The molecular formula is C13H16N2OS. The van der Waals surface area contributed by atoms with E-state index in [0.29, 0.717) is 6.54 Å². The summed E-state index contributed by atoms with van der Waals surface area (Å²) in [5.41, 5.74) is 8.42. The molecule has 2 N–H and O–H groups in total. The van der Waals surface area contributed by atoms with Crippen molar-refractivity contribution in [2.75, 3.05) is 17.2 Å². The zero-order valence-corrected chi connectivity index (χ0v) is 10.9. The molecule has 1 heterocycles. The number of fused-ring (bicyclic) bond motifs is 1. The number of anilines is 2. The van der Waals surface area contributed by atoms with Crippen LogP contribution in [-0.4, -0.2) is 17.7 Å². The van der Waals surface area contributed by atoms with E-state index in [1.54, 1.807) is 16.7 Å². The van der Waals surface area contributed by atoms with Crippen molar-refractivity contribution in [3.05, 3.63) is 30.4 Å². The van der Waals surface area contributed by atoms with Crippen LogP contribution in [0.25, 0.3) is 0 Å². The van der Waals surface area contributed by atoms with Crippen LogP contribution in [0.2, 0.25) is 0 Å². The Morgan fingerprint density at radius 1 is 1.59 bits per heavy atom. The van der Waals surface area contributed by atoms with Gasteiger partial charge in [0.15, 0.2) is 0 Å². The minimum absolute atomic E-state index is 0.0661. The zero-order valence-electron chi connectivity index (χ0n) is 10.1. The van der Waals surface area contributed by atoms with E-state index in [0.717, 1.165) is 21.8 Å². The molecule has 90 valence electrons. The summed E-state index contributed by atoms with van der Waals surface area (Å²) < 4.78 is 0. The van der Waals surface area contributed by atoms with Crippen molar-refractivity contribution in [1.29, 1.82) is 0 Å². The molecule has 1 unspecified atom stereocenters. The van der Waals surface area contributed by atoms with Crippen molar-refractivity contribution in [2.45, 2.75) is 24.0 Å². The van der Waals surface area contributed by atoms with Crippen LogP contribution in [0.5, 0.6) is 0 Å². The van der Waals surface area contributed by atoms with Gasteiger partial charge in [-0.3, -0.25) is 4.79 Å². The summed E-state index contributed by atoms with van der Waals surface area (Å²) in [5, 5.41) is -0.0661. The summed E-state index contributed by atoms with van der Waals surface area (Å²) in [6.07, 6.45) is 0. The SMILES string of the molecule is C=C(C)CN1C(=O)C(C)Sc2cc(N)ccc21. The molecule has 2 rings (SSSR count). The topological polar surface area (TPSA) is 46.3 Å². The molecule has 1 aliphatic rings. The molecule has 0 saturated carbocycles. The standard InChI is InChI=1S/C13H16N2OS/c1-8(2)7-15-11-5-4-10(14)6-12(11)17-9(3)13(15)16/h4-6,9H,1,7,14H2,2-3H3. The number of nitrogen functional groups attached to an aromatic ring is 1. The van der Waals surface area contributed by atoms with Gasteiger partial charge < -0.3 is 10.6 Å². The predicted molar refractivity (Wildman–Crippen MR) is 73.3 cm³/mol. The Bertz CT molecular complexity index is 484. The average molecular weight is 248 g/mol. The first kappa shape index (κ1) is 12.0. The second-order valence-corrected chi connectivity index (χ2v) is 5.75. The molecule has 4 heteroatoms. The molecule has 0 fully saturated rings. The predicted octanol–water partition coefficient (Wildman–Crippen LogP) is 2.67. The molecule has 0 saturated heterocycles. The smallest absolute Gasteiger partial charge is 0.240 e. The lowest BCUT2D eigenvalue weighted by Gasteiger charge is -2.32. The number of rotatable bonds is 2. The molecule has 1 aromatic carbocycles. The Kier molecular flexibility index (Phi) is 3.15. The number of carbonyl (C=O) groups is 1. The van der Waals surface area contributed by atoms with Crippen LogP contribution in [0.4, 0.5) is 11.4 Å². The summed E-state index contributed by atoms with van der Waals surface area (Å²) in [6.45, 7) is 8.29. The fraction of sp³-hybridized carbons (Fsp3) is 0.308. The minimum Gasteiger partial charge on any atom is -0.399 e. The number of amides is 1. The van der Waals surface area contributed by atoms with Gasteiger partial charge in [0.25, 0.3) is 0 Å². The number of hydrogen-bond acceptors (Lipinski definition) is 3. The monoisotopic (exact) mass is 248 g/mol. The van der Waals surface area contributed by atoms with E-state index >= 15 is 0 Å². The molecule has 0 spiro atoms. The van der Waals surface area contributed by atoms with Crippen molar-refractivity contribution in [3.8, 4) is 0 Å². The van der Waals surface area contributed by atoms with Crippen LogP contribution < -0.4 is 10.6 Å². The molecule has 0 aromatic heterocycles. The van der Waals surface area contributed by atoms with Gasteiger partial charge in [-0.05, 0) is 32.0 Å². The summed E-state index contributed by atoms with van der Waals surface area (Å²) >= 11 is 1.56. The lowest BCUT2D eigenvalue weighted by molar-refractivity contribution is -0.117. The third kappa shape index (κ3) is 2.31. The number of thioether (sulfide) groups is 1. The highest BCUT2D eigenvalue weighted by Gasteiger charge is 2.30. The third-order valence-corrected chi connectivity index (χ3v) is 3.76. The largest absolute Gasteiger partial charge is 0.399 e. The van der Waals surface area contributed by atoms with Gasteiger partial charge in [0.1, 0.15) is 0 Å². The fourth-order valence-electron chi connectivity index (χ4n) is 1.86. The van der Waals surface area contributed by atoms with E-state index in [-0.39, 0.29) is 11.2 Å². The Hall–Kier alpha value is -1.42. The van der Waals surface area contributed by atoms with Crippen molar-refractivity contribution < 1.29 is 4.79 Å². The van der Waals surface area contributed by atoms with E-state index in [1.807, 2.05) is 32.0 Å². The van der Waals surface area contributed by atoms with Gasteiger partial charge in [-0.15, -0.1) is 11.8 Å². The first-order valence-electron chi connectivity index (χ1n) is 5.51. The van der Waals surface area contributed by atoms with Crippen LogP contribution in [0, 0.1) is 0 Å². The van der Waals surface area contributed by atoms with E-state index in [9.17, 15) is 4.79 Å². The van der Waals surface area contributed by atoms with Gasteiger partial charge in [-0.1, -0.05) is 12.2 Å². The van der Waals surface area contributed by atoms with Crippen LogP contribution in [0.1, 0.15) is 13.8 Å². The molecular weight excluding hydrogens is 232 g/mol. The third-order valence-electron chi connectivity index (χ3n) is 2.62. The normalized spacial score (nSPS) is 19.1. The highest BCUT2D eigenvalue weighted by atomic mass is 32.2. The molecule has 0 bridgehead atoms. The van der Waals surface area contributed by atoms with E-state index < -0.39 is 0 Å². The van der Waals surface area contributed by atoms with Crippen LogP contribution in [0.3, 0.4) is 0 Å². The van der Waals surface area contributed by atoms with Gasteiger partial charge in [0, 0.05) is 17.1 Å². The molecule has 1 atom stereocenters. The van der Waals surface area contributed by atoms with Gasteiger partial charge in [0.05, 0.1) is 10.9 Å².